The molecule has 130 valence electrons. The Bertz CT molecular complexity index is 1150. The van der Waals surface area contributed by atoms with Crippen LogP contribution in [-0.2, 0) is 0 Å². The van der Waals surface area contributed by atoms with E-state index in [0.29, 0.717) is 28.9 Å². The lowest BCUT2D eigenvalue weighted by molar-refractivity contribution is 0.340. The third-order valence-corrected chi connectivity index (χ3v) is 3.81. The molecule has 0 amide bonds. The van der Waals surface area contributed by atoms with E-state index in [2.05, 4.69) is 10.2 Å². The fourth-order valence-electron chi connectivity index (χ4n) is 2.59. The molecule has 0 saturated carbocycles. The molecular weight excluding hydrogens is 336 g/mol. The predicted octanol–water partition coefficient (Wildman–Crippen LogP) is 3.61. The molecule has 0 aliphatic carbocycles. The smallest absolute Gasteiger partial charge is 0.349 e. The molecule has 4 aromatic rings. The molecule has 26 heavy (non-hydrogen) atoms. The fraction of sp³-hybridized carbons (Fsp3) is 0.105. The average Bonchev–Trinajstić information content (AvgIpc) is 3.11. The number of hydrogen-bond donors (Lipinski definition) is 1. The summed E-state index contributed by atoms with van der Waals surface area (Å²) in [7, 11) is 0. The highest BCUT2D eigenvalue weighted by atomic mass is 16.5. The summed E-state index contributed by atoms with van der Waals surface area (Å²) in [6, 6.07) is 13.4. The van der Waals surface area contributed by atoms with E-state index < -0.39 is 5.63 Å². The first kappa shape index (κ1) is 15.9. The van der Waals surface area contributed by atoms with Crippen molar-refractivity contribution in [2.24, 2.45) is 0 Å². The van der Waals surface area contributed by atoms with Gasteiger partial charge < -0.3 is 18.7 Å². The molecule has 0 fully saturated rings. The summed E-state index contributed by atoms with van der Waals surface area (Å²) in [6.45, 7) is 2.39. The van der Waals surface area contributed by atoms with Gasteiger partial charge in [0.1, 0.15) is 22.6 Å². The highest BCUT2D eigenvalue weighted by Crippen LogP contribution is 2.30. The number of aromatic hydroxyl groups is 1. The molecule has 0 aliphatic heterocycles. The van der Waals surface area contributed by atoms with Crippen LogP contribution in [0, 0.1) is 0 Å². The second-order valence-electron chi connectivity index (χ2n) is 5.51. The van der Waals surface area contributed by atoms with Crippen LogP contribution in [0.2, 0.25) is 0 Å². The molecule has 4 rings (SSSR count). The topological polar surface area (TPSA) is 98.6 Å². The van der Waals surface area contributed by atoms with Gasteiger partial charge in [0.2, 0.25) is 0 Å². The summed E-state index contributed by atoms with van der Waals surface area (Å²) in [6.07, 6.45) is 0. The number of para-hydroxylation sites is 1. The maximum atomic E-state index is 12.3. The highest BCUT2D eigenvalue weighted by Gasteiger charge is 2.17. The minimum atomic E-state index is -0.598. The van der Waals surface area contributed by atoms with Gasteiger partial charge in [-0.25, -0.2) is 4.79 Å². The molecule has 0 saturated heterocycles. The molecule has 0 unspecified atom stereocenters. The van der Waals surface area contributed by atoms with Gasteiger partial charge in [-0.05, 0) is 37.3 Å². The number of nitrogens with zero attached hydrogens (tertiary/aromatic N) is 2. The summed E-state index contributed by atoms with van der Waals surface area (Å²) in [4.78, 5) is 12.3. The zero-order chi connectivity index (χ0) is 18.1. The van der Waals surface area contributed by atoms with Gasteiger partial charge in [-0.2, -0.15) is 0 Å². The third-order valence-electron chi connectivity index (χ3n) is 3.81. The van der Waals surface area contributed by atoms with E-state index in [1.54, 1.807) is 42.5 Å². The number of phenolic OH excluding ortho intramolecular Hbond substituents is 1. The van der Waals surface area contributed by atoms with Crippen molar-refractivity contribution in [3.05, 3.63) is 59.0 Å². The van der Waals surface area contributed by atoms with Crippen molar-refractivity contribution < 1.29 is 18.7 Å². The maximum Gasteiger partial charge on any atom is 0.349 e. The first-order chi connectivity index (χ1) is 12.7. The van der Waals surface area contributed by atoms with Crippen molar-refractivity contribution in [3.8, 4) is 34.4 Å². The van der Waals surface area contributed by atoms with Gasteiger partial charge in [0.15, 0.2) is 0 Å². The molecule has 0 atom stereocenters. The monoisotopic (exact) mass is 350 g/mol. The van der Waals surface area contributed by atoms with Gasteiger partial charge in [0.25, 0.3) is 11.8 Å². The molecular formula is C19H14N2O5. The van der Waals surface area contributed by atoms with Gasteiger partial charge in [-0.15, -0.1) is 10.2 Å². The molecule has 0 aliphatic rings. The first-order valence-electron chi connectivity index (χ1n) is 7.98. The Morgan fingerprint density at radius 2 is 1.77 bits per heavy atom. The fourth-order valence-corrected chi connectivity index (χ4v) is 2.59. The molecule has 2 heterocycles. The zero-order valence-corrected chi connectivity index (χ0v) is 13.8. The molecule has 0 bridgehead atoms. The van der Waals surface area contributed by atoms with E-state index in [1.807, 2.05) is 6.92 Å². The van der Waals surface area contributed by atoms with Crippen molar-refractivity contribution in [1.82, 2.24) is 10.2 Å². The van der Waals surface area contributed by atoms with Crippen LogP contribution >= 0.6 is 0 Å². The third kappa shape index (κ3) is 2.79. The van der Waals surface area contributed by atoms with Crippen LogP contribution < -0.4 is 10.4 Å². The second-order valence-corrected chi connectivity index (χ2v) is 5.51. The molecule has 1 N–H and O–H groups in total. The predicted molar refractivity (Wildman–Crippen MR) is 94.0 cm³/mol. The number of phenols is 1. The second kappa shape index (κ2) is 6.36. The minimum Gasteiger partial charge on any atom is -0.507 e. The van der Waals surface area contributed by atoms with Gasteiger partial charge in [-0.3, -0.25) is 0 Å². The van der Waals surface area contributed by atoms with Gasteiger partial charge >= 0.3 is 5.63 Å². The highest BCUT2D eigenvalue weighted by molar-refractivity contribution is 5.81. The van der Waals surface area contributed by atoms with Crippen LogP contribution in [0.1, 0.15) is 6.92 Å². The quantitative estimate of drug-likeness (QED) is 0.561. The lowest BCUT2D eigenvalue weighted by Gasteiger charge is -2.04. The zero-order valence-electron chi connectivity index (χ0n) is 13.8. The van der Waals surface area contributed by atoms with Gasteiger partial charge in [0.05, 0.1) is 12.2 Å². The SMILES string of the molecule is CCOc1ccc2cc(-c3nnc(-c4ccccc4O)o3)c(=O)oc2c1. The molecule has 7 nitrogen and oxygen atoms in total. The number of ether oxygens (including phenoxy) is 1. The van der Waals surface area contributed by atoms with Crippen molar-refractivity contribution in [1.29, 1.82) is 0 Å². The number of benzene rings is 2. The van der Waals surface area contributed by atoms with Crippen LogP contribution in [0.5, 0.6) is 11.5 Å². The largest absolute Gasteiger partial charge is 0.507 e. The molecule has 7 heteroatoms. The Morgan fingerprint density at radius 1 is 1.00 bits per heavy atom. The Morgan fingerprint density at radius 3 is 2.54 bits per heavy atom. The molecule has 0 radical (unpaired) electrons. The number of rotatable bonds is 4. The standard InChI is InChI=1S/C19H14N2O5/c1-2-24-12-8-7-11-9-14(19(23)25-16(11)10-12)18-21-20-17(26-18)13-5-3-4-6-15(13)22/h3-10,22H,2H2,1H3. The summed E-state index contributed by atoms with van der Waals surface area (Å²) in [5.41, 5.74) is 0.345. The molecule has 0 spiro atoms. The first-order valence-corrected chi connectivity index (χ1v) is 7.98. The lowest BCUT2D eigenvalue weighted by atomic mass is 10.2. The van der Waals surface area contributed by atoms with Crippen LogP contribution in [-0.4, -0.2) is 21.9 Å². The van der Waals surface area contributed by atoms with E-state index in [1.165, 1.54) is 6.07 Å². The maximum absolute atomic E-state index is 12.3. The van der Waals surface area contributed by atoms with Gasteiger partial charge in [0, 0.05) is 11.5 Å². The van der Waals surface area contributed by atoms with E-state index in [9.17, 15) is 9.90 Å². The van der Waals surface area contributed by atoms with Crippen molar-refractivity contribution >= 4 is 11.0 Å². The number of aromatic nitrogens is 2. The summed E-state index contributed by atoms with van der Waals surface area (Å²) < 4.78 is 16.3. The Hall–Kier alpha value is -3.61. The van der Waals surface area contributed by atoms with Gasteiger partial charge in [-0.1, -0.05) is 12.1 Å². The van der Waals surface area contributed by atoms with E-state index in [0.717, 1.165) is 0 Å². The van der Waals surface area contributed by atoms with Crippen molar-refractivity contribution in [3.63, 3.8) is 0 Å². The summed E-state index contributed by atoms with van der Waals surface area (Å²) in [5.74, 6) is 0.768. The molecule has 2 aromatic carbocycles. The van der Waals surface area contributed by atoms with Crippen molar-refractivity contribution in [2.45, 2.75) is 6.92 Å². The number of hydrogen-bond acceptors (Lipinski definition) is 7. The summed E-state index contributed by atoms with van der Waals surface area (Å²) in [5, 5.41) is 18.4. The van der Waals surface area contributed by atoms with Crippen LogP contribution in [0.25, 0.3) is 33.9 Å². The Balaban J connectivity index is 1.78. The van der Waals surface area contributed by atoms with E-state index >= 15 is 0 Å². The average molecular weight is 350 g/mol. The van der Waals surface area contributed by atoms with Crippen LogP contribution in [0.4, 0.5) is 0 Å². The minimum absolute atomic E-state index is 0.0108. The van der Waals surface area contributed by atoms with E-state index in [-0.39, 0.29) is 23.1 Å². The number of fused-ring (bicyclic) bond motifs is 1. The van der Waals surface area contributed by atoms with Crippen molar-refractivity contribution in [2.75, 3.05) is 6.61 Å². The van der Waals surface area contributed by atoms with Crippen LogP contribution in [0.3, 0.4) is 0 Å². The normalized spacial score (nSPS) is 11.0. The summed E-state index contributed by atoms with van der Waals surface area (Å²) >= 11 is 0. The Labute approximate surface area is 147 Å². The van der Waals surface area contributed by atoms with E-state index in [4.69, 9.17) is 13.6 Å². The lowest BCUT2D eigenvalue weighted by Crippen LogP contribution is -2.03. The Kier molecular flexibility index (Phi) is 3.89. The molecule has 2 aromatic heterocycles. The van der Waals surface area contributed by atoms with Crippen LogP contribution in [0.15, 0.2) is 62.2 Å².